The highest BCUT2D eigenvalue weighted by molar-refractivity contribution is 5.48. The first-order chi connectivity index (χ1) is 8.69. The first kappa shape index (κ1) is 13.2. The summed E-state index contributed by atoms with van der Waals surface area (Å²) in [7, 11) is 3.85. The molecule has 1 N–H and O–H groups in total. The van der Waals surface area contributed by atoms with Crippen LogP contribution in [0.1, 0.15) is 19.8 Å². The molecular weight excluding hydrogens is 224 g/mol. The second-order valence-electron chi connectivity index (χ2n) is 5.37. The van der Waals surface area contributed by atoms with Crippen LogP contribution in [-0.4, -0.2) is 33.3 Å². The van der Waals surface area contributed by atoms with Gasteiger partial charge in [-0.2, -0.15) is 0 Å². The molecule has 0 aromatic heterocycles. The molecule has 0 spiro atoms. The number of anilines is 1. The van der Waals surface area contributed by atoms with Gasteiger partial charge in [-0.25, -0.2) is 0 Å². The van der Waals surface area contributed by atoms with Crippen molar-refractivity contribution in [2.24, 2.45) is 5.92 Å². The Morgan fingerprint density at radius 2 is 2.00 bits per heavy atom. The van der Waals surface area contributed by atoms with E-state index in [0.717, 1.165) is 24.9 Å². The van der Waals surface area contributed by atoms with Crippen LogP contribution >= 0.6 is 0 Å². The molecule has 1 unspecified atom stereocenters. The van der Waals surface area contributed by atoms with Gasteiger partial charge in [-0.15, -0.1) is 0 Å². The lowest BCUT2D eigenvalue weighted by molar-refractivity contribution is 0.415. The predicted molar refractivity (Wildman–Crippen MR) is 76.5 cm³/mol. The molecule has 0 amide bonds. The second kappa shape index (κ2) is 6.10. The van der Waals surface area contributed by atoms with Crippen LogP contribution in [0.2, 0.25) is 0 Å². The van der Waals surface area contributed by atoms with Crippen molar-refractivity contribution < 1.29 is 4.74 Å². The van der Waals surface area contributed by atoms with E-state index in [1.807, 2.05) is 12.1 Å². The number of hydrogen-bond acceptors (Lipinski definition) is 3. The van der Waals surface area contributed by atoms with Crippen molar-refractivity contribution in [1.29, 1.82) is 0 Å². The molecule has 1 atom stereocenters. The third-order valence-electron chi connectivity index (χ3n) is 3.43. The van der Waals surface area contributed by atoms with Gasteiger partial charge < -0.3 is 15.0 Å². The van der Waals surface area contributed by atoms with E-state index in [0.29, 0.717) is 5.92 Å². The maximum absolute atomic E-state index is 5.17. The van der Waals surface area contributed by atoms with Gasteiger partial charge in [0.1, 0.15) is 5.75 Å². The molecule has 1 aliphatic carbocycles. The normalized spacial score (nSPS) is 16.4. The highest BCUT2D eigenvalue weighted by Crippen LogP contribution is 2.20. The van der Waals surface area contributed by atoms with Crippen LogP contribution in [-0.2, 0) is 0 Å². The van der Waals surface area contributed by atoms with Crippen molar-refractivity contribution in [2.75, 3.05) is 32.1 Å². The summed E-state index contributed by atoms with van der Waals surface area (Å²) in [6.07, 6.45) is 2.72. The molecule has 3 nitrogen and oxygen atoms in total. The van der Waals surface area contributed by atoms with Gasteiger partial charge >= 0.3 is 0 Å². The maximum Gasteiger partial charge on any atom is 0.119 e. The molecule has 3 heteroatoms. The van der Waals surface area contributed by atoms with Crippen molar-refractivity contribution >= 4 is 5.69 Å². The molecule has 0 bridgehead atoms. The van der Waals surface area contributed by atoms with Crippen molar-refractivity contribution in [3.63, 3.8) is 0 Å². The summed E-state index contributed by atoms with van der Waals surface area (Å²) in [6.45, 7) is 4.49. The smallest absolute Gasteiger partial charge is 0.119 e. The molecular formula is C15H24N2O. The van der Waals surface area contributed by atoms with Gasteiger partial charge in [0.25, 0.3) is 0 Å². The Kier molecular flexibility index (Phi) is 4.48. The lowest BCUT2D eigenvalue weighted by Gasteiger charge is -2.24. The average molecular weight is 248 g/mol. The summed E-state index contributed by atoms with van der Waals surface area (Å²) in [6, 6.07) is 9.05. The SMILES string of the molecule is COc1ccc(N(C)CC(C)CNC2CC2)cc1. The Labute approximate surface area is 110 Å². The Morgan fingerprint density at radius 3 is 2.56 bits per heavy atom. The van der Waals surface area contributed by atoms with E-state index >= 15 is 0 Å². The van der Waals surface area contributed by atoms with Gasteiger partial charge in [-0.05, 0) is 49.6 Å². The zero-order chi connectivity index (χ0) is 13.0. The number of rotatable bonds is 7. The molecule has 0 aliphatic heterocycles. The Bertz CT molecular complexity index is 359. The Balaban J connectivity index is 1.79. The minimum absolute atomic E-state index is 0.665. The molecule has 18 heavy (non-hydrogen) atoms. The third kappa shape index (κ3) is 3.91. The number of nitrogens with zero attached hydrogens (tertiary/aromatic N) is 1. The molecule has 1 aliphatic rings. The van der Waals surface area contributed by atoms with E-state index in [1.165, 1.54) is 18.5 Å². The van der Waals surface area contributed by atoms with Crippen LogP contribution in [0.15, 0.2) is 24.3 Å². The highest BCUT2D eigenvalue weighted by Gasteiger charge is 2.21. The van der Waals surface area contributed by atoms with Crippen LogP contribution in [0.25, 0.3) is 0 Å². The topological polar surface area (TPSA) is 24.5 Å². The third-order valence-corrected chi connectivity index (χ3v) is 3.43. The summed E-state index contributed by atoms with van der Waals surface area (Å²) in [4.78, 5) is 2.30. The van der Waals surface area contributed by atoms with E-state index < -0.39 is 0 Å². The zero-order valence-corrected chi connectivity index (χ0v) is 11.6. The van der Waals surface area contributed by atoms with Crippen molar-refractivity contribution in [2.45, 2.75) is 25.8 Å². The molecule has 0 saturated heterocycles. The minimum atomic E-state index is 0.665. The predicted octanol–water partition coefficient (Wildman–Crippen LogP) is 2.52. The zero-order valence-electron chi connectivity index (χ0n) is 11.6. The Hall–Kier alpha value is -1.22. The summed E-state index contributed by atoms with van der Waals surface area (Å²) in [5, 5.41) is 3.58. The number of ether oxygens (including phenoxy) is 1. The van der Waals surface area contributed by atoms with E-state index in [9.17, 15) is 0 Å². The fourth-order valence-corrected chi connectivity index (χ4v) is 2.13. The standard InChI is InChI=1S/C15H24N2O/c1-12(10-16-13-4-5-13)11-17(2)14-6-8-15(18-3)9-7-14/h6-9,12-13,16H,4-5,10-11H2,1-3H3. The highest BCUT2D eigenvalue weighted by atomic mass is 16.5. The van der Waals surface area contributed by atoms with Gasteiger partial charge in [0.15, 0.2) is 0 Å². The quantitative estimate of drug-likeness (QED) is 0.802. The van der Waals surface area contributed by atoms with Crippen LogP contribution < -0.4 is 15.0 Å². The molecule has 1 aromatic carbocycles. The Morgan fingerprint density at radius 1 is 1.33 bits per heavy atom. The van der Waals surface area contributed by atoms with Crippen molar-refractivity contribution in [3.05, 3.63) is 24.3 Å². The molecule has 1 fully saturated rings. The molecule has 0 heterocycles. The monoisotopic (exact) mass is 248 g/mol. The molecule has 1 saturated carbocycles. The first-order valence-electron chi connectivity index (χ1n) is 6.77. The van der Waals surface area contributed by atoms with E-state index in [2.05, 4.69) is 36.3 Å². The molecule has 100 valence electrons. The summed E-state index contributed by atoms with van der Waals surface area (Å²) < 4.78 is 5.17. The lowest BCUT2D eigenvalue weighted by atomic mass is 10.1. The molecule has 1 aromatic rings. The minimum Gasteiger partial charge on any atom is -0.497 e. The second-order valence-corrected chi connectivity index (χ2v) is 5.37. The lowest BCUT2D eigenvalue weighted by Crippen LogP contribution is -2.31. The van der Waals surface area contributed by atoms with Gasteiger partial charge in [0.05, 0.1) is 7.11 Å². The van der Waals surface area contributed by atoms with Gasteiger partial charge in [-0.1, -0.05) is 6.92 Å². The molecule has 2 rings (SSSR count). The maximum atomic E-state index is 5.17. The number of methoxy groups -OCH3 is 1. The van der Waals surface area contributed by atoms with Crippen LogP contribution in [0.3, 0.4) is 0 Å². The van der Waals surface area contributed by atoms with E-state index in [4.69, 9.17) is 4.74 Å². The summed E-state index contributed by atoms with van der Waals surface area (Å²) in [5.41, 5.74) is 1.24. The van der Waals surface area contributed by atoms with Crippen molar-refractivity contribution in [3.8, 4) is 5.75 Å². The number of nitrogens with one attached hydrogen (secondary N) is 1. The van der Waals surface area contributed by atoms with Gasteiger partial charge in [0.2, 0.25) is 0 Å². The number of hydrogen-bond donors (Lipinski definition) is 1. The average Bonchev–Trinajstić information content (AvgIpc) is 3.20. The summed E-state index contributed by atoms with van der Waals surface area (Å²) in [5.74, 6) is 1.58. The van der Waals surface area contributed by atoms with E-state index in [-0.39, 0.29) is 0 Å². The van der Waals surface area contributed by atoms with Gasteiger partial charge in [-0.3, -0.25) is 0 Å². The number of benzene rings is 1. The molecule has 0 radical (unpaired) electrons. The summed E-state index contributed by atoms with van der Waals surface area (Å²) >= 11 is 0. The first-order valence-corrected chi connectivity index (χ1v) is 6.77. The largest absolute Gasteiger partial charge is 0.497 e. The van der Waals surface area contributed by atoms with Crippen LogP contribution in [0, 0.1) is 5.92 Å². The fourth-order valence-electron chi connectivity index (χ4n) is 2.13. The van der Waals surface area contributed by atoms with Crippen LogP contribution in [0.4, 0.5) is 5.69 Å². The van der Waals surface area contributed by atoms with Crippen LogP contribution in [0.5, 0.6) is 5.75 Å². The van der Waals surface area contributed by atoms with Crippen molar-refractivity contribution in [1.82, 2.24) is 5.32 Å². The van der Waals surface area contributed by atoms with E-state index in [1.54, 1.807) is 7.11 Å². The van der Waals surface area contributed by atoms with Gasteiger partial charge in [0, 0.05) is 25.3 Å². The fraction of sp³-hybridized carbons (Fsp3) is 0.600.